The van der Waals surface area contributed by atoms with Gasteiger partial charge in [0.25, 0.3) is 0 Å². The first-order chi connectivity index (χ1) is 7.60. The van der Waals surface area contributed by atoms with E-state index in [-0.39, 0.29) is 5.91 Å². The van der Waals surface area contributed by atoms with Gasteiger partial charge in [0.2, 0.25) is 5.91 Å². The molecule has 0 aliphatic carbocycles. The number of ether oxygens (including phenoxy) is 2. The molecule has 0 heterocycles. The second-order valence-electron chi connectivity index (χ2n) is 3.66. The molecule has 0 spiro atoms. The van der Waals surface area contributed by atoms with Crippen LogP contribution in [0.1, 0.15) is 20.3 Å². The van der Waals surface area contributed by atoms with Crippen molar-refractivity contribution in [2.24, 2.45) is 5.41 Å². The number of hydrogen-bond donors (Lipinski definition) is 1. The summed E-state index contributed by atoms with van der Waals surface area (Å²) in [5.74, 6) is -0.243. The molecule has 0 aromatic rings. The lowest BCUT2D eigenvalue weighted by molar-refractivity contribution is -0.127. The molecule has 0 aliphatic heterocycles. The molecule has 1 amide bonds. The average molecular weight is 228 g/mol. The van der Waals surface area contributed by atoms with E-state index >= 15 is 0 Å². The number of rotatable bonds is 8. The molecule has 0 aliphatic rings. The molecule has 1 N–H and O–H groups in total. The van der Waals surface area contributed by atoms with Crippen LogP contribution in [0.4, 0.5) is 0 Å². The lowest BCUT2D eigenvalue weighted by Crippen LogP contribution is -2.39. The number of methoxy groups -OCH3 is 1. The molecule has 0 radical (unpaired) electrons. The van der Waals surface area contributed by atoms with Crippen LogP contribution in [-0.2, 0) is 14.3 Å². The molecule has 1 unspecified atom stereocenters. The van der Waals surface area contributed by atoms with Gasteiger partial charge < -0.3 is 14.8 Å². The highest BCUT2D eigenvalue weighted by Gasteiger charge is 2.30. The number of carbonyl (C=O) groups excluding carboxylic acids is 1. The van der Waals surface area contributed by atoms with Gasteiger partial charge in [0.05, 0.1) is 25.9 Å². The Morgan fingerprint density at radius 2 is 2.12 bits per heavy atom. The first kappa shape index (κ1) is 14.9. The fourth-order valence-electron chi connectivity index (χ4n) is 0.967. The summed E-state index contributed by atoms with van der Waals surface area (Å²) in [6.07, 6.45) is 0.500. The van der Waals surface area contributed by atoms with Crippen molar-refractivity contribution in [2.75, 3.05) is 33.5 Å². The fourth-order valence-corrected chi connectivity index (χ4v) is 0.967. The molecule has 0 aromatic heterocycles. The predicted molar refractivity (Wildman–Crippen MR) is 59.7 cm³/mol. The number of nitrogens with one attached hydrogen (secondary N) is 1. The van der Waals surface area contributed by atoms with Crippen molar-refractivity contribution < 1.29 is 14.3 Å². The van der Waals surface area contributed by atoms with Crippen LogP contribution in [0.3, 0.4) is 0 Å². The minimum absolute atomic E-state index is 0.243. The summed E-state index contributed by atoms with van der Waals surface area (Å²) in [5.41, 5.74) is -0.938. The molecule has 0 saturated heterocycles. The van der Waals surface area contributed by atoms with Gasteiger partial charge in [-0.25, -0.2) is 0 Å². The lowest BCUT2D eigenvalue weighted by Gasteiger charge is -2.18. The van der Waals surface area contributed by atoms with Crippen molar-refractivity contribution in [3.63, 3.8) is 0 Å². The van der Waals surface area contributed by atoms with Crippen LogP contribution < -0.4 is 5.32 Å². The highest BCUT2D eigenvalue weighted by Crippen LogP contribution is 2.19. The molecular weight excluding hydrogens is 208 g/mol. The summed E-state index contributed by atoms with van der Waals surface area (Å²) in [4.78, 5) is 11.6. The zero-order chi connectivity index (χ0) is 12.4. The van der Waals surface area contributed by atoms with E-state index in [1.54, 1.807) is 14.0 Å². The van der Waals surface area contributed by atoms with E-state index in [0.29, 0.717) is 32.8 Å². The first-order valence-electron chi connectivity index (χ1n) is 5.37. The van der Waals surface area contributed by atoms with Gasteiger partial charge in [0.1, 0.15) is 5.41 Å². The van der Waals surface area contributed by atoms with Gasteiger partial charge >= 0.3 is 0 Å². The van der Waals surface area contributed by atoms with Gasteiger partial charge in [-0.3, -0.25) is 4.79 Å². The van der Waals surface area contributed by atoms with Crippen LogP contribution in [0, 0.1) is 16.7 Å². The molecule has 0 bridgehead atoms. The quantitative estimate of drug-likeness (QED) is 0.621. The Morgan fingerprint density at radius 1 is 1.44 bits per heavy atom. The van der Waals surface area contributed by atoms with Crippen molar-refractivity contribution in [3.8, 4) is 6.07 Å². The van der Waals surface area contributed by atoms with Crippen molar-refractivity contribution in [2.45, 2.75) is 20.3 Å². The molecule has 1 atom stereocenters. The highest BCUT2D eigenvalue weighted by molar-refractivity contribution is 5.84. The topological polar surface area (TPSA) is 71.4 Å². The van der Waals surface area contributed by atoms with Crippen LogP contribution in [0.15, 0.2) is 0 Å². The number of carbonyl (C=O) groups is 1. The van der Waals surface area contributed by atoms with Crippen LogP contribution in [0.2, 0.25) is 0 Å². The molecule has 0 aromatic carbocycles. The molecule has 0 fully saturated rings. The maximum atomic E-state index is 11.6. The third-order valence-electron chi connectivity index (χ3n) is 2.42. The minimum atomic E-state index is -0.938. The lowest BCUT2D eigenvalue weighted by atomic mass is 9.88. The Labute approximate surface area is 96.7 Å². The van der Waals surface area contributed by atoms with Gasteiger partial charge in [-0.15, -0.1) is 0 Å². The maximum absolute atomic E-state index is 11.6. The number of nitrogens with zero attached hydrogens (tertiary/aromatic N) is 1. The Bertz CT molecular complexity index is 250. The van der Waals surface area contributed by atoms with Crippen LogP contribution in [-0.4, -0.2) is 39.4 Å². The normalized spacial score (nSPS) is 13.9. The third kappa shape index (κ3) is 5.10. The van der Waals surface area contributed by atoms with E-state index < -0.39 is 5.41 Å². The molecule has 0 rings (SSSR count). The predicted octanol–water partition coefficient (Wildman–Crippen LogP) is 0.705. The highest BCUT2D eigenvalue weighted by atomic mass is 16.5. The Morgan fingerprint density at radius 3 is 2.62 bits per heavy atom. The van der Waals surface area contributed by atoms with Gasteiger partial charge in [-0.2, -0.15) is 5.26 Å². The summed E-state index contributed by atoms with van der Waals surface area (Å²) in [6, 6.07) is 2.02. The minimum Gasteiger partial charge on any atom is -0.382 e. The van der Waals surface area contributed by atoms with Gasteiger partial charge in [0, 0.05) is 13.7 Å². The van der Waals surface area contributed by atoms with E-state index in [0.717, 1.165) is 0 Å². The van der Waals surface area contributed by atoms with Crippen LogP contribution in [0.25, 0.3) is 0 Å². The first-order valence-corrected chi connectivity index (χ1v) is 5.37. The Kier molecular flexibility index (Phi) is 7.52. The summed E-state index contributed by atoms with van der Waals surface area (Å²) in [5, 5.41) is 11.5. The second kappa shape index (κ2) is 8.08. The van der Waals surface area contributed by atoms with Crippen LogP contribution >= 0.6 is 0 Å². The largest absolute Gasteiger partial charge is 0.382 e. The van der Waals surface area contributed by atoms with E-state index in [9.17, 15) is 4.79 Å². The van der Waals surface area contributed by atoms with Gasteiger partial charge in [-0.1, -0.05) is 6.92 Å². The summed E-state index contributed by atoms with van der Waals surface area (Å²) < 4.78 is 9.98. The maximum Gasteiger partial charge on any atom is 0.240 e. The third-order valence-corrected chi connectivity index (χ3v) is 2.42. The Balaban J connectivity index is 3.70. The summed E-state index contributed by atoms with van der Waals surface area (Å²) in [6.45, 7) is 5.35. The standard InChI is InChI=1S/C11H20N2O3/c1-4-11(2,9-12)10(14)13-5-6-16-8-7-15-3/h4-8H2,1-3H3,(H,13,14). The van der Waals surface area contributed by atoms with Crippen molar-refractivity contribution in [1.82, 2.24) is 5.32 Å². The van der Waals surface area contributed by atoms with Crippen LogP contribution in [0.5, 0.6) is 0 Å². The van der Waals surface area contributed by atoms with Gasteiger partial charge in [-0.05, 0) is 13.3 Å². The smallest absolute Gasteiger partial charge is 0.240 e. The zero-order valence-electron chi connectivity index (χ0n) is 10.2. The molecule has 16 heavy (non-hydrogen) atoms. The van der Waals surface area contributed by atoms with E-state index in [2.05, 4.69) is 5.32 Å². The number of nitriles is 1. The molecule has 5 heteroatoms. The Hall–Kier alpha value is -1.12. The number of hydrogen-bond acceptors (Lipinski definition) is 4. The average Bonchev–Trinajstić information content (AvgIpc) is 2.32. The van der Waals surface area contributed by atoms with E-state index in [1.807, 2.05) is 13.0 Å². The second-order valence-corrected chi connectivity index (χ2v) is 3.66. The van der Waals surface area contributed by atoms with E-state index in [1.165, 1.54) is 0 Å². The van der Waals surface area contributed by atoms with Crippen molar-refractivity contribution in [1.29, 1.82) is 5.26 Å². The SMILES string of the molecule is CCC(C)(C#N)C(=O)NCCOCCOC. The van der Waals surface area contributed by atoms with Crippen molar-refractivity contribution in [3.05, 3.63) is 0 Å². The fraction of sp³-hybridized carbons (Fsp3) is 0.818. The monoisotopic (exact) mass is 228 g/mol. The molecule has 0 saturated carbocycles. The van der Waals surface area contributed by atoms with Crippen molar-refractivity contribution >= 4 is 5.91 Å². The molecule has 5 nitrogen and oxygen atoms in total. The number of amides is 1. The van der Waals surface area contributed by atoms with Gasteiger partial charge in [0.15, 0.2) is 0 Å². The molecular formula is C11H20N2O3. The molecule has 92 valence electrons. The summed E-state index contributed by atoms with van der Waals surface area (Å²) in [7, 11) is 1.60. The van der Waals surface area contributed by atoms with E-state index in [4.69, 9.17) is 14.7 Å². The summed E-state index contributed by atoms with van der Waals surface area (Å²) >= 11 is 0. The zero-order valence-corrected chi connectivity index (χ0v) is 10.2.